The normalized spacial score (nSPS) is 36.9. The van der Waals surface area contributed by atoms with Crippen molar-refractivity contribution in [2.75, 3.05) is 13.2 Å². The number of hydrogen-bond acceptors (Lipinski definition) is 3. The Balaban J connectivity index is 1.61. The molecule has 3 rings (SSSR count). The molecule has 1 aliphatic heterocycles. The fourth-order valence-corrected chi connectivity index (χ4v) is 5.27. The Morgan fingerprint density at radius 3 is 2.70 bits per heavy atom. The summed E-state index contributed by atoms with van der Waals surface area (Å²) in [7, 11) is 0. The molecule has 2 N–H and O–H groups in total. The van der Waals surface area contributed by atoms with Crippen molar-refractivity contribution in [1.29, 1.82) is 0 Å². The minimum atomic E-state index is -0.212. The van der Waals surface area contributed by atoms with Crippen molar-refractivity contribution < 1.29 is 9.84 Å². The van der Waals surface area contributed by atoms with Gasteiger partial charge in [-0.2, -0.15) is 0 Å². The Morgan fingerprint density at radius 1 is 1.35 bits per heavy atom. The molecule has 0 radical (unpaired) electrons. The second-order valence-electron chi connectivity index (χ2n) is 8.26. The molecule has 3 fully saturated rings. The number of fused-ring (bicyclic) bond motifs is 2. The molecule has 116 valence electrons. The average Bonchev–Trinajstić information content (AvgIpc) is 2.93. The standard InChI is InChI=1S/C17H31NO2/c1-12(19)10-16(2,3)11-18-14-13-6-9-20-15(13)17(14)7-4-5-8-17/h12-15,18-19H,4-11H2,1-3H3. The lowest BCUT2D eigenvalue weighted by molar-refractivity contribution is -0.132. The van der Waals surface area contributed by atoms with Crippen LogP contribution in [-0.2, 0) is 4.74 Å². The maximum Gasteiger partial charge on any atom is 0.0690 e. The van der Waals surface area contributed by atoms with Crippen LogP contribution in [0.2, 0.25) is 0 Å². The maximum absolute atomic E-state index is 9.63. The van der Waals surface area contributed by atoms with Crippen molar-refractivity contribution >= 4 is 0 Å². The molecule has 0 aromatic carbocycles. The molecule has 4 atom stereocenters. The van der Waals surface area contributed by atoms with E-state index in [0.29, 0.717) is 17.6 Å². The third-order valence-electron chi connectivity index (χ3n) is 5.93. The maximum atomic E-state index is 9.63. The van der Waals surface area contributed by atoms with Crippen LogP contribution < -0.4 is 5.32 Å². The third kappa shape index (κ3) is 2.42. The SMILES string of the molecule is CC(O)CC(C)(C)CNC1C2CCOC2C12CCCC2. The molecular formula is C17H31NO2. The first-order valence-corrected chi connectivity index (χ1v) is 8.48. The average molecular weight is 281 g/mol. The summed E-state index contributed by atoms with van der Waals surface area (Å²) in [6.07, 6.45) is 7.89. The van der Waals surface area contributed by atoms with Gasteiger partial charge in [-0.3, -0.25) is 0 Å². The summed E-state index contributed by atoms with van der Waals surface area (Å²) >= 11 is 0. The van der Waals surface area contributed by atoms with Crippen molar-refractivity contribution in [3.8, 4) is 0 Å². The summed E-state index contributed by atoms with van der Waals surface area (Å²) in [4.78, 5) is 0. The Labute approximate surface area is 123 Å². The fraction of sp³-hybridized carbons (Fsp3) is 1.00. The van der Waals surface area contributed by atoms with Gasteiger partial charge in [0.15, 0.2) is 0 Å². The van der Waals surface area contributed by atoms with Gasteiger partial charge in [-0.15, -0.1) is 0 Å². The van der Waals surface area contributed by atoms with E-state index < -0.39 is 0 Å². The van der Waals surface area contributed by atoms with Gasteiger partial charge < -0.3 is 15.2 Å². The van der Waals surface area contributed by atoms with E-state index >= 15 is 0 Å². The molecule has 2 aliphatic carbocycles. The number of aliphatic hydroxyl groups excluding tert-OH is 1. The predicted octanol–water partition coefficient (Wildman–Crippen LogP) is 2.72. The Hall–Kier alpha value is -0.120. The van der Waals surface area contributed by atoms with Crippen LogP contribution in [0.3, 0.4) is 0 Å². The molecule has 1 saturated heterocycles. The first-order chi connectivity index (χ1) is 9.45. The Morgan fingerprint density at radius 2 is 2.05 bits per heavy atom. The minimum absolute atomic E-state index is 0.165. The highest BCUT2D eigenvalue weighted by Gasteiger charge is 2.64. The van der Waals surface area contributed by atoms with Crippen LogP contribution in [0.4, 0.5) is 0 Å². The van der Waals surface area contributed by atoms with Crippen LogP contribution in [-0.4, -0.2) is 36.5 Å². The van der Waals surface area contributed by atoms with E-state index in [1.54, 1.807) is 0 Å². The number of nitrogens with one attached hydrogen (secondary N) is 1. The molecule has 3 heteroatoms. The quantitative estimate of drug-likeness (QED) is 0.814. The molecule has 0 amide bonds. The van der Waals surface area contributed by atoms with Crippen LogP contribution in [0.5, 0.6) is 0 Å². The van der Waals surface area contributed by atoms with E-state index in [1.807, 2.05) is 6.92 Å². The van der Waals surface area contributed by atoms with Gasteiger partial charge in [-0.05, 0) is 38.0 Å². The summed E-state index contributed by atoms with van der Waals surface area (Å²) in [5.74, 6) is 0.746. The summed E-state index contributed by atoms with van der Waals surface area (Å²) < 4.78 is 6.04. The monoisotopic (exact) mass is 281 g/mol. The molecule has 1 heterocycles. The van der Waals surface area contributed by atoms with E-state index in [9.17, 15) is 5.11 Å². The summed E-state index contributed by atoms with van der Waals surface area (Å²) in [5.41, 5.74) is 0.612. The molecule has 4 unspecified atom stereocenters. The largest absolute Gasteiger partial charge is 0.393 e. The van der Waals surface area contributed by atoms with E-state index in [2.05, 4.69) is 19.2 Å². The highest BCUT2D eigenvalue weighted by Crippen LogP contribution is 2.60. The van der Waals surface area contributed by atoms with Gasteiger partial charge in [-0.25, -0.2) is 0 Å². The molecule has 0 aromatic rings. The number of aliphatic hydroxyl groups is 1. The first-order valence-electron chi connectivity index (χ1n) is 8.48. The fourth-order valence-electron chi connectivity index (χ4n) is 5.27. The van der Waals surface area contributed by atoms with Crippen LogP contribution in [0, 0.1) is 16.7 Å². The second-order valence-corrected chi connectivity index (χ2v) is 8.26. The zero-order valence-corrected chi connectivity index (χ0v) is 13.3. The summed E-state index contributed by atoms with van der Waals surface area (Å²) in [6, 6.07) is 0.658. The first kappa shape index (κ1) is 14.8. The summed E-state index contributed by atoms with van der Waals surface area (Å²) in [5, 5.41) is 13.5. The lowest BCUT2D eigenvalue weighted by atomic mass is 9.54. The smallest absolute Gasteiger partial charge is 0.0690 e. The zero-order chi connectivity index (χ0) is 14.4. The lowest BCUT2D eigenvalue weighted by Gasteiger charge is -2.57. The van der Waals surface area contributed by atoms with Crippen molar-refractivity contribution in [2.45, 2.75) is 77.5 Å². The highest BCUT2D eigenvalue weighted by atomic mass is 16.5. The molecule has 0 bridgehead atoms. The Bertz CT molecular complexity index is 347. The topological polar surface area (TPSA) is 41.5 Å². The molecule has 2 saturated carbocycles. The van der Waals surface area contributed by atoms with E-state index in [1.165, 1.54) is 32.1 Å². The molecule has 1 spiro atoms. The van der Waals surface area contributed by atoms with Crippen molar-refractivity contribution in [3.63, 3.8) is 0 Å². The molecule has 0 aromatic heterocycles. The van der Waals surface area contributed by atoms with Gasteiger partial charge in [0.2, 0.25) is 0 Å². The van der Waals surface area contributed by atoms with E-state index in [-0.39, 0.29) is 11.5 Å². The highest BCUT2D eigenvalue weighted by molar-refractivity contribution is 5.16. The predicted molar refractivity (Wildman–Crippen MR) is 80.6 cm³/mol. The third-order valence-corrected chi connectivity index (χ3v) is 5.93. The van der Waals surface area contributed by atoms with Crippen LogP contribution >= 0.6 is 0 Å². The number of rotatable bonds is 5. The van der Waals surface area contributed by atoms with Gasteiger partial charge in [0.1, 0.15) is 0 Å². The minimum Gasteiger partial charge on any atom is -0.393 e. The van der Waals surface area contributed by atoms with E-state index in [0.717, 1.165) is 25.5 Å². The lowest BCUT2D eigenvalue weighted by Crippen LogP contribution is -2.68. The van der Waals surface area contributed by atoms with Crippen LogP contribution in [0.1, 0.15) is 59.3 Å². The van der Waals surface area contributed by atoms with Crippen LogP contribution in [0.15, 0.2) is 0 Å². The van der Waals surface area contributed by atoms with Crippen molar-refractivity contribution in [3.05, 3.63) is 0 Å². The number of ether oxygens (including phenoxy) is 1. The molecule has 3 aliphatic rings. The van der Waals surface area contributed by atoms with Gasteiger partial charge in [0.25, 0.3) is 0 Å². The zero-order valence-electron chi connectivity index (χ0n) is 13.3. The molecular weight excluding hydrogens is 250 g/mol. The van der Waals surface area contributed by atoms with Gasteiger partial charge in [0, 0.05) is 30.5 Å². The van der Waals surface area contributed by atoms with Gasteiger partial charge in [0.05, 0.1) is 12.2 Å². The second kappa shape index (κ2) is 5.26. The Kier molecular flexibility index (Phi) is 3.89. The van der Waals surface area contributed by atoms with Crippen LogP contribution in [0.25, 0.3) is 0 Å². The van der Waals surface area contributed by atoms with Crippen molar-refractivity contribution in [2.24, 2.45) is 16.7 Å². The molecule has 3 nitrogen and oxygen atoms in total. The van der Waals surface area contributed by atoms with E-state index in [4.69, 9.17) is 4.74 Å². The van der Waals surface area contributed by atoms with Gasteiger partial charge in [-0.1, -0.05) is 26.7 Å². The number of hydrogen-bond donors (Lipinski definition) is 2. The summed E-state index contributed by atoms with van der Waals surface area (Å²) in [6.45, 7) is 8.38. The van der Waals surface area contributed by atoms with Crippen molar-refractivity contribution in [1.82, 2.24) is 5.32 Å². The molecule has 20 heavy (non-hydrogen) atoms. The van der Waals surface area contributed by atoms with Gasteiger partial charge >= 0.3 is 0 Å².